The van der Waals surface area contributed by atoms with E-state index in [0.29, 0.717) is 30.3 Å². The molecule has 0 atom stereocenters. The number of aryl methyl sites for hydroxylation is 1. The number of ether oxygens (including phenoxy) is 2. The molecule has 4 rings (SSSR count). The van der Waals surface area contributed by atoms with Gasteiger partial charge in [-0.3, -0.25) is 4.79 Å². The Hall–Kier alpha value is -3.40. The molecule has 0 radical (unpaired) electrons. The Bertz CT molecular complexity index is 1260. The number of rotatable bonds is 7. The number of nitrogens with zero attached hydrogens (tertiary/aromatic N) is 1. The van der Waals surface area contributed by atoms with Gasteiger partial charge >= 0.3 is 0 Å². The van der Waals surface area contributed by atoms with E-state index in [4.69, 9.17) is 9.47 Å². The van der Waals surface area contributed by atoms with Crippen molar-refractivity contribution >= 4 is 15.9 Å². The molecule has 0 fully saturated rings. The summed E-state index contributed by atoms with van der Waals surface area (Å²) in [5, 5.41) is 10.6. The van der Waals surface area contributed by atoms with E-state index in [1.165, 1.54) is 34.1 Å². The SMILES string of the molecule is Cc1ccccc1CN(Cc1ccc(C(=O)N[O-])cc1)S(=O)(=O)c1ccc2c(c1)OCCO2. The Morgan fingerprint density at radius 1 is 0.970 bits per heavy atom. The lowest BCUT2D eigenvalue weighted by Crippen LogP contribution is -2.31. The van der Waals surface area contributed by atoms with Crippen LogP contribution in [0, 0.1) is 12.1 Å². The van der Waals surface area contributed by atoms with Crippen LogP contribution < -0.4 is 15.0 Å². The number of nitrogens with one attached hydrogen (secondary N) is 1. The summed E-state index contributed by atoms with van der Waals surface area (Å²) in [5.41, 5.74) is 4.06. The van der Waals surface area contributed by atoms with Gasteiger partial charge in [0.15, 0.2) is 11.5 Å². The summed E-state index contributed by atoms with van der Waals surface area (Å²) in [4.78, 5) is 11.6. The van der Waals surface area contributed by atoms with Gasteiger partial charge in [0.2, 0.25) is 15.9 Å². The first kappa shape index (κ1) is 22.8. The number of hydrogen-bond donors (Lipinski definition) is 1. The summed E-state index contributed by atoms with van der Waals surface area (Å²) in [5.74, 6) is 0.159. The van der Waals surface area contributed by atoms with Crippen molar-refractivity contribution in [1.82, 2.24) is 9.79 Å². The minimum atomic E-state index is -3.91. The molecular weight excluding hydrogens is 444 g/mol. The van der Waals surface area contributed by atoms with Gasteiger partial charge in [0.05, 0.1) is 4.90 Å². The molecule has 0 spiro atoms. The van der Waals surface area contributed by atoms with Crippen molar-refractivity contribution in [2.75, 3.05) is 13.2 Å². The number of fused-ring (bicyclic) bond motifs is 1. The quantitative estimate of drug-likeness (QED) is 0.534. The highest BCUT2D eigenvalue weighted by Gasteiger charge is 2.27. The second kappa shape index (κ2) is 9.62. The van der Waals surface area contributed by atoms with E-state index in [9.17, 15) is 18.4 Å². The van der Waals surface area contributed by atoms with Gasteiger partial charge in [-0.15, -0.1) is 0 Å². The number of carbonyl (C=O) groups excluding carboxylic acids is 1. The maximum absolute atomic E-state index is 13.7. The number of hydroxylamine groups is 1. The molecule has 0 aromatic heterocycles. The van der Waals surface area contributed by atoms with Crippen LogP contribution in [0.15, 0.2) is 71.6 Å². The van der Waals surface area contributed by atoms with Crippen molar-refractivity contribution in [3.05, 3.63) is 94.2 Å². The normalized spacial score (nSPS) is 13.1. The number of hydrogen-bond acceptors (Lipinski definition) is 6. The lowest BCUT2D eigenvalue weighted by atomic mass is 10.1. The van der Waals surface area contributed by atoms with Gasteiger partial charge in [-0.05, 0) is 47.9 Å². The fraction of sp³-hybridized carbons (Fsp3) is 0.208. The lowest BCUT2D eigenvalue weighted by molar-refractivity contribution is 0.0970. The van der Waals surface area contributed by atoms with Crippen molar-refractivity contribution in [3.63, 3.8) is 0 Å². The number of carbonyl (C=O) groups is 1. The van der Waals surface area contributed by atoms with Crippen LogP contribution in [0.1, 0.15) is 27.0 Å². The Morgan fingerprint density at radius 3 is 2.36 bits per heavy atom. The zero-order valence-electron chi connectivity index (χ0n) is 18.0. The van der Waals surface area contributed by atoms with E-state index in [1.807, 2.05) is 31.2 Å². The molecule has 0 aliphatic carbocycles. The molecule has 1 aliphatic rings. The van der Waals surface area contributed by atoms with Crippen LogP contribution in [0.25, 0.3) is 0 Å². The zero-order chi connectivity index (χ0) is 23.4. The molecule has 1 N–H and O–H groups in total. The van der Waals surface area contributed by atoms with Crippen molar-refractivity contribution in [1.29, 1.82) is 0 Å². The van der Waals surface area contributed by atoms with E-state index >= 15 is 0 Å². The van der Waals surface area contributed by atoms with E-state index in [-0.39, 0.29) is 23.5 Å². The number of amides is 1. The Morgan fingerprint density at radius 2 is 1.67 bits per heavy atom. The van der Waals surface area contributed by atoms with Crippen LogP contribution in [0.3, 0.4) is 0 Å². The molecule has 0 bridgehead atoms. The fourth-order valence-corrected chi connectivity index (χ4v) is 4.98. The largest absolute Gasteiger partial charge is 0.759 e. The zero-order valence-corrected chi connectivity index (χ0v) is 18.8. The third-order valence-corrected chi connectivity index (χ3v) is 7.21. The highest BCUT2D eigenvalue weighted by molar-refractivity contribution is 7.89. The van der Waals surface area contributed by atoms with E-state index < -0.39 is 15.9 Å². The van der Waals surface area contributed by atoms with Gasteiger partial charge < -0.3 is 20.2 Å². The second-order valence-electron chi connectivity index (χ2n) is 7.63. The second-order valence-corrected chi connectivity index (χ2v) is 9.57. The smallest absolute Gasteiger partial charge is 0.243 e. The minimum absolute atomic E-state index is 0.0738. The maximum Gasteiger partial charge on any atom is 0.243 e. The van der Waals surface area contributed by atoms with Gasteiger partial charge in [-0.25, -0.2) is 8.42 Å². The molecule has 1 amide bonds. The molecule has 3 aromatic rings. The summed E-state index contributed by atoms with van der Waals surface area (Å²) in [6, 6.07) is 18.4. The van der Waals surface area contributed by atoms with E-state index in [0.717, 1.165) is 11.1 Å². The van der Waals surface area contributed by atoms with Gasteiger partial charge in [-0.1, -0.05) is 36.4 Å². The van der Waals surface area contributed by atoms with Crippen LogP contribution in [-0.2, 0) is 23.1 Å². The predicted molar refractivity (Wildman–Crippen MR) is 122 cm³/mol. The summed E-state index contributed by atoms with van der Waals surface area (Å²) in [6.07, 6.45) is 0. The molecule has 0 saturated carbocycles. The minimum Gasteiger partial charge on any atom is -0.759 e. The highest BCUT2D eigenvalue weighted by atomic mass is 32.2. The highest BCUT2D eigenvalue weighted by Crippen LogP contribution is 2.34. The molecule has 3 aromatic carbocycles. The third kappa shape index (κ3) is 5.00. The standard InChI is InChI=1S/C24H23N2O6S/c1-17-4-2-3-5-20(17)16-26(15-18-6-8-19(9-7-18)24(27)25-28)33(29,30)21-10-11-22-23(14-21)32-13-12-31-22/h2-11,14H,12-13,15-16H2,1H3,(H-,25,27,28)/q-1. The van der Waals surface area contributed by atoms with Gasteiger partial charge in [-0.2, -0.15) is 4.31 Å². The maximum atomic E-state index is 13.7. The Labute approximate surface area is 192 Å². The first-order valence-electron chi connectivity index (χ1n) is 10.3. The summed E-state index contributed by atoms with van der Waals surface area (Å²) >= 11 is 0. The number of sulfonamides is 1. The van der Waals surface area contributed by atoms with Crippen LogP contribution in [0.5, 0.6) is 11.5 Å². The van der Waals surface area contributed by atoms with Gasteiger partial charge in [0.25, 0.3) is 0 Å². The number of benzene rings is 3. The van der Waals surface area contributed by atoms with Crippen LogP contribution in [0.4, 0.5) is 0 Å². The van der Waals surface area contributed by atoms with Crippen molar-refractivity contribution < 1.29 is 22.7 Å². The molecule has 0 unspecified atom stereocenters. The first-order valence-corrected chi connectivity index (χ1v) is 11.8. The van der Waals surface area contributed by atoms with Gasteiger partial charge in [0, 0.05) is 24.7 Å². The topological polar surface area (TPSA) is 108 Å². The summed E-state index contributed by atoms with van der Waals surface area (Å²) in [7, 11) is -3.91. The van der Waals surface area contributed by atoms with Crippen LogP contribution in [-0.4, -0.2) is 31.8 Å². The summed E-state index contributed by atoms with van der Waals surface area (Å²) in [6.45, 7) is 2.93. The first-order chi connectivity index (χ1) is 15.9. The Kier molecular flexibility index (Phi) is 6.64. The molecule has 8 nitrogen and oxygen atoms in total. The van der Waals surface area contributed by atoms with Gasteiger partial charge in [0.1, 0.15) is 13.2 Å². The van der Waals surface area contributed by atoms with Crippen molar-refractivity contribution in [3.8, 4) is 11.5 Å². The third-order valence-electron chi connectivity index (χ3n) is 5.43. The van der Waals surface area contributed by atoms with Crippen molar-refractivity contribution in [2.24, 2.45) is 0 Å². The predicted octanol–water partition coefficient (Wildman–Crippen LogP) is 3.38. The van der Waals surface area contributed by atoms with E-state index in [2.05, 4.69) is 0 Å². The molecule has 1 aliphatic heterocycles. The molecule has 0 saturated heterocycles. The van der Waals surface area contributed by atoms with Crippen molar-refractivity contribution in [2.45, 2.75) is 24.9 Å². The average Bonchev–Trinajstić information content (AvgIpc) is 2.84. The average molecular weight is 468 g/mol. The molecular formula is C24H23N2O6S-. The van der Waals surface area contributed by atoms with E-state index in [1.54, 1.807) is 18.2 Å². The van der Waals surface area contributed by atoms with Crippen LogP contribution >= 0.6 is 0 Å². The lowest BCUT2D eigenvalue weighted by Gasteiger charge is -2.25. The molecule has 172 valence electrons. The Balaban J connectivity index is 1.69. The fourth-order valence-electron chi connectivity index (χ4n) is 3.56. The summed E-state index contributed by atoms with van der Waals surface area (Å²) < 4.78 is 39.8. The monoisotopic (exact) mass is 467 g/mol. The molecule has 33 heavy (non-hydrogen) atoms. The molecule has 9 heteroatoms. The van der Waals surface area contributed by atoms with Crippen LogP contribution in [0.2, 0.25) is 0 Å². The molecule has 1 heterocycles.